The molecule has 0 aromatic heterocycles. The molecule has 0 heterocycles. The summed E-state index contributed by atoms with van der Waals surface area (Å²) in [5.41, 5.74) is 8.31. The topological polar surface area (TPSA) is 0 Å². The molecule has 2 atom stereocenters. The Morgan fingerprint density at radius 3 is 1.48 bits per heavy atom. The van der Waals surface area contributed by atoms with Crippen molar-refractivity contribution in [3.8, 4) is 0 Å². The highest BCUT2D eigenvalue weighted by Crippen LogP contribution is 2.21. The van der Waals surface area contributed by atoms with Crippen LogP contribution in [-0.4, -0.2) is 22.3 Å². The average molecular weight is 452 g/mol. The Kier molecular flexibility index (Phi) is 11.0. The van der Waals surface area contributed by atoms with E-state index in [1.807, 2.05) is 11.8 Å². The maximum atomic E-state index is 6.57. The van der Waals surface area contributed by atoms with Crippen molar-refractivity contribution in [1.82, 2.24) is 0 Å². The van der Waals surface area contributed by atoms with E-state index in [0.29, 0.717) is 0 Å². The Balaban J connectivity index is 1.56. The summed E-state index contributed by atoms with van der Waals surface area (Å²) in [6, 6.07) is 13.4. The molecule has 0 bridgehead atoms. The zero-order valence-electron chi connectivity index (χ0n) is 18.4. The molecule has 0 aliphatic rings. The monoisotopic (exact) mass is 450 g/mol. The second-order valence-electron chi connectivity index (χ2n) is 8.32. The lowest BCUT2D eigenvalue weighted by atomic mass is 10.00. The van der Waals surface area contributed by atoms with Crippen LogP contribution in [0.25, 0.3) is 0 Å². The highest BCUT2D eigenvalue weighted by Gasteiger charge is 2.09. The van der Waals surface area contributed by atoms with Crippen LogP contribution in [0.5, 0.6) is 0 Å². The van der Waals surface area contributed by atoms with Gasteiger partial charge in [0.25, 0.3) is 0 Å². The summed E-state index contributed by atoms with van der Waals surface area (Å²) in [5, 5.41) is 0.525. The summed E-state index contributed by atoms with van der Waals surface area (Å²) < 4.78 is 0. The molecular formula is C26H36Cl2S. The second-order valence-corrected chi connectivity index (χ2v) is 10.8. The van der Waals surface area contributed by atoms with Crippen LogP contribution in [0.4, 0.5) is 0 Å². The van der Waals surface area contributed by atoms with Crippen LogP contribution in [0, 0.1) is 27.7 Å². The number of hydrogen-bond donors (Lipinski definition) is 0. The molecule has 29 heavy (non-hydrogen) atoms. The first-order valence-corrected chi connectivity index (χ1v) is 12.9. The van der Waals surface area contributed by atoms with Crippen LogP contribution in [0.3, 0.4) is 0 Å². The molecule has 160 valence electrons. The van der Waals surface area contributed by atoms with Crippen molar-refractivity contribution in [3.63, 3.8) is 0 Å². The second kappa shape index (κ2) is 12.9. The first-order valence-electron chi connectivity index (χ1n) is 10.8. The van der Waals surface area contributed by atoms with E-state index in [1.54, 1.807) is 0 Å². The number of hydrogen-bond acceptors (Lipinski definition) is 1. The average Bonchev–Trinajstić information content (AvgIpc) is 2.69. The van der Waals surface area contributed by atoms with Gasteiger partial charge >= 0.3 is 0 Å². The van der Waals surface area contributed by atoms with Crippen molar-refractivity contribution in [1.29, 1.82) is 0 Å². The van der Waals surface area contributed by atoms with E-state index in [0.717, 1.165) is 50.0 Å². The van der Waals surface area contributed by atoms with E-state index in [9.17, 15) is 0 Å². The van der Waals surface area contributed by atoms with Crippen LogP contribution in [0.15, 0.2) is 36.4 Å². The van der Waals surface area contributed by atoms with Crippen LogP contribution in [-0.2, 0) is 12.8 Å². The van der Waals surface area contributed by atoms with Gasteiger partial charge in [0.2, 0.25) is 0 Å². The van der Waals surface area contributed by atoms with Crippen molar-refractivity contribution >= 4 is 35.0 Å². The summed E-state index contributed by atoms with van der Waals surface area (Å²) in [6.45, 7) is 8.70. The van der Waals surface area contributed by atoms with Gasteiger partial charge in [-0.05, 0) is 100.0 Å². The lowest BCUT2D eigenvalue weighted by Crippen LogP contribution is -2.06. The van der Waals surface area contributed by atoms with Gasteiger partial charge in [0.1, 0.15) is 0 Å². The molecule has 0 nitrogen and oxygen atoms in total. The molecule has 2 aromatic carbocycles. The maximum Gasteiger partial charge on any atom is 0.0347 e. The molecule has 2 unspecified atom stereocenters. The molecule has 0 radical (unpaired) electrons. The lowest BCUT2D eigenvalue weighted by Gasteiger charge is -2.13. The van der Waals surface area contributed by atoms with E-state index in [-0.39, 0.29) is 10.8 Å². The summed E-state index contributed by atoms with van der Waals surface area (Å²) in [6.07, 6.45) is 6.42. The fraction of sp³-hybridized carbons (Fsp3) is 0.538. The number of aryl methyl sites for hydroxylation is 6. The van der Waals surface area contributed by atoms with Gasteiger partial charge in [-0.3, -0.25) is 0 Å². The third-order valence-electron chi connectivity index (χ3n) is 5.61. The van der Waals surface area contributed by atoms with Crippen molar-refractivity contribution in [2.24, 2.45) is 0 Å². The fourth-order valence-corrected chi connectivity index (χ4v) is 5.38. The molecule has 2 aromatic rings. The molecule has 0 aliphatic heterocycles. The smallest absolute Gasteiger partial charge is 0.0347 e. The SMILES string of the molecule is Cc1ccc(C)c(CCC(Cl)CCSCCC(Cl)CCc2cc(C)ccc2C)c1. The minimum absolute atomic E-state index is 0.263. The van der Waals surface area contributed by atoms with Gasteiger partial charge in [-0.25, -0.2) is 0 Å². The third-order valence-corrected chi connectivity index (χ3v) is 7.54. The van der Waals surface area contributed by atoms with Crippen LogP contribution < -0.4 is 0 Å². The lowest BCUT2D eigenvalue weighted by molar-refractivity contribution is 0.722. The number of alkyl halides is 2. The molecule has 0 N–H and O–H groups in total. The van der Waals surface area contributed by atoms with Crippen LogP contribution in [0.2, 0.25) is 0 Å². The minimum Gasteiger partial charge on any atom is -0.162 e. The predicted molar refractivity (Wildman–Crippen MR) is 134 cm³/mol. The molecule has 0 fully saturated rings. The molecule has 2 rings (SSSR count). The summed E-state index contributed by atoms with van der Waals surface area (Å²) >= 11 is 15.1. The van der Waals surface area contributed by atoms with Crippen molar-refractivity contribution in [3.05, 3.63) is 69.8 Å². The van der Waals surface area contributed by atoms with Gasteiger partial charge in [-0.1, -0.05) is 47.5 Å². The molecular weight excluding hydrogens is 415 g/mol. The minimum atomic E-state index is 0.263. The van der Waals surface area contributed by atoms with Crippen LogP contribution in [0.1, 0.15) is 59.1 Å². The van der Waals surface area contributed by atoms with Gasteiger partial charge < -0.3 is 0 Å². The Morgan fingerprint density at radius 2 is 1.07 bits per heavy atom. The van der Waals surface area contributed by atoms with Gasteiger partial charge in [0, 0.05) is 10.8 Å². The van der Waals surface area contributed by atoms with Crippen molar-refractivity contribution in [2.75, 3.05) is 11.5 Å². The van der Waals surface area contributed by atoms with Gasteiger partial charge in [-0.2, -0.15) is 11.8 Å². The molecule has 0 aliphatic carbocycles. The number of halogens is 2. The molecule has 0 saturated heterocycles. The number of benzene rings is 2. The summed E-state index contributed by atoms with van der Waals surface area (Å²) in [7, 11) is 0. The number of rotatable bonds is 12. The van der Waals surface area contributed by atoms with Crippen molar-refractivity contribution in [2.45, 2.75) is 77.0 Å². The summed E-state index contributed by atoms with van der Waals surface area (Å²) in [5.74, 6) is 2.25. The molecule has 0 spiro atoms. The van der Waals surface area contributed by atoms with Gasteiger partial charge in [0.05, 0.1) is 0 Å². The Bertz CT molecular complexity index is 693. The van der Waals surface area contributed by atoms with Gasteiger partial charge in [0.15, 0.2) is 0 Å². The first-order chi connectivity index (χ1) is 13.8. The Hall–Kier alpha value is -0.630. The Labute approximate surface area is 192 Å². The summed E-state index contributed by atoms with van der Waals surface area (Å²) in [4.78, 5) is 0. The standard InChI is InChI=1S/C26H36Cl2S/c1-19-5-7-21(3)23(17-19)9-11-25(27)13-15-29-16-14-26(28)12-10-24-18-20(2)6-8-22(24)4/h5-8,17-18,25-26H,9-16H2,1-4H3. The largest absolute Gasteiger partial charge is 0.162 e. The van der Waals surface area contributed by atoms with Gasteiger partial charge in [-0.15, -0.1) is 23.2 Å². The predicted octanol–water partition coefficient (Wildman–Crippen LogP) is 8.21. The molecule has 3 heteroatoms. The Morgan fingerprint density at radius 1 is 0.655 bits per heavy atom. The van der Waals surface area contributed by atoms with Crippen LogP contribution >= 0.6 is 35.0 Å². The molecule has 0 amide bonds. The van der Waals surface area contributed by atoms with E-state index in [1.165, 1.54) is 33.4 Å². The molecule has 0 saturated carbocycles. The van der Waals surface area contributed by atoms with E-state index < -0.39 is 0 Å². The highest BCUT2D eigenvalue weighted by molar-refractivity contribution is 7.99. The maximum absolute atomic E-state index is 6.57. The third kappa shape index (κ3) is 9.37. The normalized spacial score (nSPS) is 13.4. The zero-order valence-corrected chi connectivity index (χ0v) is 20.8. The first kappa shape index (κ1) is 24.6. The zero-order chi connectivity index (χ0) is 21.2. The quantitative estimate of drug-likeness (QED) is 0.231. The van der Waals surface area contributed by atoms with E-state index in [4.69, 9.17) is 23.2 Å². The van der Waals surface area contributed by atoms with Crippen molar-refractivity contribution < 1.29 is 0 Å². The van der Waals surface area contributed by atoms with E-state index in [2.05, 4.69) is 64.1 Å². The number of thioether (sulfide) groups is 1. The fourth-order valence-electron chi connectivity index (χ4n) is 3.58. The highest BCUT2D eigenvalue weighted by atomic mass is 35.5. The van der Waals surface area contributed by atoms with E-state index >= 15 is 0 Å².